The van der Waals surface area contributed by atoms with Crippen molar-refractivity contribution in [2.24, 2.45) is 5.92 Å². The molecule has 0 aliphatic heterocycles. The summed E-state index contributed by atoms with van der Waals surface area (Å²) >= 11 is 0. The lowest BCUT2D eigenvalue weighted by molar-refractivity contribution is -0.308. The number of hydrogen-bond acceptors (Lipinski definition) is 2. The lowest BCUT2D eigenvalue weighted by Gasteiger charge is -2.27. The second-order valence-corrected chi connectivity index (χ2v) is 3.58. The first-order valence-electron chi connectivity index (χ1n) is 4.92. The third kappa shape index (κ3) is 2.95. The first-order chi connectivity index (χ1) is 8.09. The zero-order valence-corrected chi connectivity index (χ0v) is 9.13. The average Bonchev–Trinajstić information content (AvgIpc) is 2.59. The van der Waals surface area contributed by atoms with E-state index in [1.807, 2.05) is 0 Å². The highest BCUT2D eigenvalue weighted by Crippen LogP contribution is 2.46. The van der Waals surface area contributed by atoms with Crippen molar-refractivity contribution in [3.05, 3.63) is 18.0 Å². The number of aromatic nitrogens is 2. The van der Waals surface area contributed by atoms with Gasteiger partial charge in [0.25, 0.3) is 0 Å². The minimum Gasteiger partial charge on any atom is -0.386 e. The van der Waals surface area contributed by atoms with Gasteiger partial charge in [-0.2, -0.15) is 31.4 Å². The van der Waals surface area contributed by atoms with Gasteiger partial charge in [-0.1, -0.05) is 0 Å². The van der Waals surface area contributed by atoms with E-state index in [9.17, 15) is 31.4 Å². The van der Waals surface area contributed by atoms with Crippen molar-refractivity contribution in [2.75, 3.05) is 0 Å². The van der Waals surface area contributed by atoms with Crippen LogP contribution in [0.25, 0.3) is 0 Å². The Labute approximate surface area is 98.0 Å². The number of rotatable bonds is 3. The van der Waals surface area contributed by atoms with E-state index in [0.717, 1.165) is 16.9 Å². The summed E-state index contributed by atoms with van der Waals surface area (Å²) in [6.45, 7) is 1.54. The van der Waals surface area contributed by atoms with E-state index >= 15 is 0 Å². The normalized spacial score (nSPS) is 15.2. The molecule has 0 radical (unpaired) electrons. The monoisotopic (exact) mass is 276 g/mol. The molecule has 1 unspecified atom stereocenters. The molecule has 1 N–H and O–H groups in total. The number of aliphatic hydroxyl groups is 1. The molecular weight excluding hydrogens is 266 g/mol. The number of alkyl halides is 6. The number of hydrogen-bond donors (Lipinski definition) is 1. The van der Waals surface area contributed by atoms with Crippen LogP contribution in [0, 0.1) is 5.92 Å². The number of aliphatic hydroxyl groups excluding tert-OH is 1. The molecule has 1 aromatic heterocycles. The summed E-state index contributed by atoms with van der Waals surface area (Å²) in [5, 5.41) is 12.9. The van der Waals surface area contributed by atoms with E-state index in [1.165, 1.54) is 6.92 Å². The van der Waals surface area contributed by atoms with Crippen LogP contribution in [-0.2, 0) is 6.54 Å². The van der Waals surface area contributed by atoms with Gasteiger partial charge in [-0.15, -0.1) is 0 Å². The number of nitrogens with zero attached hydrogens (tertiary/aromatic N) is 2. The smallest absolute Gasteiger partial charge is 0.386 e. The van der Waals surface area contributed by atoms with E-state index in [1.54, 1.807) is 0 Å². The molecule has 0 fully saturated rings. The van der Waals surface area contributed by atoms with E-state index in [4.69, 9.17) is 0 Å². The number of aryl methyl sites for hydroxylation is 1. The minimum atomic E-state index is -5.58. The Hall–Kier alpha value is -1.25. The maximum Gasteiger partial charge on any atom is 0.403 e. The zero-order chi connectivity index (χ0) is 14.1. The molecular formula is C9H10F6N2O. The van der Waals surface area contributed by atoms with Crippen molar-refractivity contribution in [1.82, 2.24) is 9.78 Å². The van der Waals surface area contributed by atoms with Crippen LogP contribution < -0.4 is 0 Å². The van der Waals surface area contributed by atoms with Crippen LogP contribution in [0.5, 0.6) is 0 Å². The second kappa shape index (κ2) is 4.79. The molecule has 1 aromatic rings. The predicted octanol–water partition coefficient (Wildman–Crippen LogP) is 2.68. The van der Waals surface area contributed by atoms with Gasteiger partial charge < -0.3 is 5.11 Å². The maximum atomic E-state index is 12.4. The van der Waals surface area contributed by atoms with Crippen molar-refractivity contribution in [2.45, 2.75) is 31.9 Å². The molecule has 0 bridgehead atoms. The van der Waals surface area contributed by atoms with Crippen molar-refractivity contribution >= 4 is 0 Å². The number of halogens is 6. The predicted molar refractivity (Wildman–Crippen MR) is 48.5 cm³/mol. The van der Waals surface area contributed by atoms with Crippen molar-refractivity contribution in [3.8, 4) is 0 Å². The molecule has 0 aromatic carbocycles. The van der Waals surface area contributed by atoms with Crippen LogP contribution in [0.3, 0.4) is 0 Å². The largest absolute Gasteiger partial charge is 0.403 e. The Morgan fingerprint density at radius 3 is 2.11 bits per heavy atom. The molecule has 1 atom stereocenters. The van der Waals surface area contributed by atoms with Crippen LogP contribution >= 0.6 is 0 Å². The molecule has 0 amide bonds. The molecule has 9 heteroatoms. The van der Waals surface area contributed by atoms with Gasteiger partial charge in [0.2, 0.25) is 0 Å². The highest BCUT2D eigenvalue weighted by Gasteiger charge is 2.60. The highest BCUT2D eigenvalue weighted by molar-refractivity contribution is 5.08. The average molecular weight is 276 g/mol. The van der Waals surface area contributed by atoms with E-state index < -0.39 is 30.1 Å². The molecule has 1 heterocycles. The lowest BCUT2D eigenvalue weighted by Crippen LogP contribution is -2.41. The fourth-order valence-electron chi connectivity index (χ4n) is 1.57. The van der Waals surface area contributed by atoms with Gasteiger partial charge in [-0.3, -0.25) is 4.68 Å². The Bertz CT molecular complexity index is 382. The molecule has 0 spiro atoms. The third-order valence-corrected chi connectivity index (χ3v) is 2.37. The SMILES string of the molecule is CCn1nccc1C(O)C(C(F)(F)F)C(F)(F)F. The van der Waals surface area contributed by atoms with Gasteiger partial charge in [0.15, 0.2) is 5.92 Å². The molecule has 3 nitrogen and oxygen atoms in total. The van der Waals surface area contributed by atoms with Crippen LogP contribution in [0.4, 0.5) is 26.3 Å². The van der Waals surface area contributed by atoms with Gasteiger partial charge >= 0.3 is 12.4 Å². The second-order valence-electron chi connectivity index (χ2n) is 3.58. The Morgan fingerprint density at radius 2 is 1.72 bits per heavy atom. The molecule has 0 saturated heterocycles. The van der Waals surface area contributed by atoms with E-state index in [-0.39, 0.29) is 6.54 Å². The summed E-state index contributed by atoms with van der Waals surface area (Å²) in [6.07, 6.45) is -12.9. The van der Waals surface area contributed by atoms with Gasteiger partial charge in [0, 0.05) is 12.7 Å². The minimum absolute atomic E-state index is 0.0574. The molecule has 0 aliphatic carbocycles. The van der Waals surface area contributed by atoms with Gasteiger partial charge in [-0.05, 0) is 13.0 Å². The molecule has 0 aliphatic rings. The Balaban J connectivity index is 3.16. The Kier molecular flexibility index (Phi) is 3.94. The maximum absolute atomic E-state index is 12.4. The van der Waals surface area contributed by atoms with Gasteiger partial charge in [0.1, 0.15) is 6.10 Å². The van der Waals surface area contributed by atoms with Gasteiger partial charge in [0.05, 0.1) is 5.69 Å². The summed E-state index contributed by atoms with van der Waals surface area (Å²) in [4.78, 5) is 0. The fourth-order valence-corrected chi connectivity index (χ4v) is 1.57. The quantitative estimate of drug-likeness (QED) is 0.862. The summed E-state index contributed by atoms with van der Waals surface area (Å²) in [6, 6.07) is 0.929. The fraction of sp³-hybridized carbons (Fsp3) is 0.667. The summed E-state index contributed by atoms with van der Waals surface area (Å²) in [5.74, 6) is -3.83. The summed E-state index contributed by atoms with van der Waals surface area (Å²) in [5.41, 5.74) is -0.517. The van der Waals surface area contributed by atoms with Gasteiger partial charge in [-0.25, -0.2) is 0 Å². The Morgan fingerprint density at radius 1 is 1.22 bits per heavy atom. The molecule has 0 saturated carbocycles. The standard InChI is InChI=1S/C9H10F6N2O/c1-2-17-5(3-4-16-17)6(18)7(8(10,11)12)9(13,14)15/h3-4,6-7,18H,2H2,1H3. The lowest BCUT2D eigenvalue weighted by atomic mass is 9.98. The summed E-state index contributed by atoms with van der Waals surface area (Å²) < 4.78 is 75.2. The van der Waals surface area contributed by atoms with Crippen LogP contribution in [0.2, 0.25) is 0 Å². The van der Waals surface area contributed by atoms with Crippen LogP contribution in [0.1, 0.15) is 18.7 Å². The third-order valence-electron chi connectivity index (χ3n) is 2.37. The van der Waals surface area contributed by atoms with Crippen molar-refractivity contribution in [3.63, 3.8) is 0 Å². The van der Waals surface area contributed by atoms with E-state index in [0.29, 0.717) is 0 Å². The van der Waals surface area contributed by atoms with Crippen molar-refractivity contribution in [1.29, 1.82) is 0 Å². The molecule has 1 rings (SSSR count). The molecule has 18 heavy (non-hydrogen) atoms. The van der Waals surface area contributed by atoms with Crippen LogP contribution in [-0.4, -0.2) is 27.2 Å². The zero-order valence-electron chi connectivity index (χ0n) is 9.13. The first kappa shape index (κ1) is 14.8. The first-order valence-corrected chi connectivity index (χ1v) is 4.92. The summed E-state index contributed by atoms with van der Waals surface area (Å²) in [7, 11) is 0. The van der Waals surface area contributed by atoms with Crippen LogP contribution in [0.15, 0.2) is 12.3 Å². The van der Waals surface area contributed by atoms with Crippen molar-refractivity contribution < 1.29 is 31.4 Å². The topological polar surface area (TPSA) is 38.0 Å². The van der Waals surface area contributed by atoms with E-state index in [2.05, 4.69) is 5.10 Å². The molecule has 104 valence electrons. The highest BCUT2D eigenvalue weighted by atomic mass is 19.4.